The lowest BCUT2D eigenvalue weighted by molar-refractivity contribution is 0.880. The average Bonchev–Trinajstić information content (AvgIpc) is 2.26. The van der Waals surface area contributed by atoms with Crippen molar-refractivity contribution in [2.24, 2.45) is 0 Å². The number of rotatable bonds is 4. The summed E-state index contributed by atoms with van der Waals surface area (Å²) in [5.41, 5.74) is 0.608. The highest BCUT2D eigenvalue weighted by atomic mass is 15.2. The summed E-state index contributed by atoms with van der Waals surface area (Å²) in [5, 5.41) is 8.89. The third-order valence-electron chi connectivity index (χ3n) is 1.94. The van der Waals surface area contributed by atoms with Crippen LogP contribution in [0, 0.1) is 11.3 Å². The van der Waals surface area contributed by atoms with Gasteiger partial charge in [-0.3, -0.25) is 0 Å². The molecule has 0 saturated carbocycles. The molecule has 0 amide bonds. The van der Waals surface area contributed by atoms with Gasteiger partial charge in [-0.15, -0.1) is 6.58 Å². The molecule has 0 N–H and O–H groups in total. The predicted molar refractivity (Wildman–Crippen MR) is 57.0 cm³/mol. The van der Waals surface area contributed by atoms with E-state index < -0.39 is 0 Å². The van der Waals surface area contributed by atoms with Crippen molar-refractivity contribution in [1.29, 1.82) is 5.26 Å². The summed E-state index contributed by atoms with van der Waals surface area (Å²) in [7, 11) is 0. The summed E-state index contributed by atoms with van der Waals surface area (Å²) in [4.78, 5) is 6.20. The monoisotopic (exact) mass is 187 g/mol. The quantitative estimate of drug-likeness (QED) is 0.676. The van der Waals surface area contributed by atoms with E-state index in [1.165, 1.54) is 0 Å². The highest BCUT2D eigenvalue weighted by Gasteiger charge is 2.08. The molecule has 0 spiro atoms. The summed E-state index contributed by atoms with van der Waals surface area (Å²) in [5.74, 6) is 0.734. The Balaban J connectivity index is 3.03. The van der Waals surface area contributed by atoms with Crippen molar-refractivity contribution < 1.29 is 0 Å². The van der Waals surface area contributed by atoms with E-state index in [-0.39, 0.29) is 0 Å². The molecule has 0 fully saturated rings. The van der Waals surface area contributed by atoms with E-state index in [4.69, 9.17) is 5.26 Å². The van der Waals surface area contributed by atoms with Crippen molar-refractivity contribution in [2.75, 3.05) is 18.0 Å². The van der Waals surface area contributed by atoms with Crippen molar-refractivity contribution >= 4 is 5.82 Å². The minimum Gasteiger partial charge on any atom is -0.352 e. The molecule has 1 heterocycles. The molecule has 14 heavy (non-hydrogen) atoms. The summed E-state index contributed by atoms with van der Waals surface area (Å²) >= 11 is 0. The zero-order chi connectivity index (χ0) is 10.4. The first-order chi connectivity index (χ1) is 6.83. The number of hydrogen-bond acceptors (Lipinski definition) is 3. The fourth-order valence-corrected chi connectivity index (χ4v) is 1.26. The van der Waals surface area contributed by atoms with Crippen molar-refractivity contribution in [3.05, 3.63) is 36.5 Å². The van der Waals surface area contributed by atoms with Gasteiger partial charge < -0.3 is 4.90 Å². The molecule has 0 aliphatic heterocycles. The maximum absolute atomic E-state index is 8.89. The summed E-state index contributed by atoms with van der Waals surface area (Å²) in [6.07, 6.45) is 3.50. The molecule has 0 bridgehead atoms. The second-order valence-electron chi connectivity index (χ2n) is 2.81. The van der Waals surface area contributed by atoms with Crippen LogP contribution in [0.1, 0.15) is 12.5 Å². The largest absolute Gasteiger partial charge is 0.352 e. The van der Waals surface area contributed by atoms with Gasteiger partial charge in [-0.05, 0) is 19.1 Å². The van der Waals surface area contributed by atoms with Gasteiger partial charge in [0.05, 0.1) is 5.56 Å². The lowest BCUT2D eigenvalue weighted by Crippen LogP contribution is -2.24. The Hall–Kier alpha value is -1.82. The minimum absolute atomic E-state index is 0.608. The van der Waals surface area contributed by atoms with Crippen LogP contribution >= 0.6 is 0 Å². The lowest BCUT2D eigenvalue weighted by Gasteiger charge is -2.20. The van der Waals surface area contributed by atoms with E-state index in [1.807, 2.05) is 11.8 Å². The normalized spacial score (nSPS) is 9.14. The van der Waals surface area contributed by atoms with Crippen LogP contribution in [0.5, 0.6) is 0 Å². The minimum atomic E-state index is 0.608. The third-order valence-corrected chi connectivity index (χ3v) is 1.94. The van der Waals surface area contributed by atoms with Crippen molar-refractivity contribution in [1.82, 2.24) is 4.98 Å². The molecule has 3 heteroatoms. The van der Waals surface area contributed by atoms with E-state index in [2.05, 4.69) is 17.6 Å². The van der Waals surface area contributed by atoms with Gasteiger partial charge in [0.15, 0.2) is 0 Å². The van der Waals surface area contributed by atoms with Crippen molar-refractivity contribution in [3.63, 3.8) is 0 Å². The Labute approximate surface area is 84.3 Å². The molecular weight excluding hydrogens is 174 g/mol. The van der Waals surface area contributed by atoms with Gasteiger partial charge >= 0.3 is 0 Å². The number of anilines is 1. The molecule has 0 aliphatic carbocycles. The Morgan fingerprint density at radius 3 is 3.07 bits per heavy atom. The van der Waals surface area contributed by atoms with Gasteiger partial charge in [0.2, 0.25) is 0 Å². The molecule has 72 valence electrons. The van der Waals surface area contributed by atoms with Crippen LogP contribution in [0.15, 0.2) is 31.0 Å². The topological polar surface area (TPSA) is 39.9 Å². The van der Waals surface area contributed by atoms with Crippen LogP contribution in [0.3, 0.4) is 0 Å². The van der Waals surface area contributed by atoms with E-state index in [1.54, 1.807) is 24.4 Å². The van der Waals surface area contributed by atoms with Gasteiger partial charge in [0, 0.05) is 19.3 Å². The van der Waals surface area contributed by atoms with Crippen LogP contribution in [0.4, 0.5) is 5.82 Å². The molecular formula is C11H13N3. The maximum atomic E-state index is 8.89. The van der Waals surface area contributed by atoms with Gasteiger partial charge in [-0.25, -0.2) is 4.98 Å². The van der Waals surface area contributed by atoms with Gasteiger partial charge in [0.1, 0.15) is 11.9 Å². The number of nitrogens with zero attached hydrogens (tertiary/aromatic N) is 3. The van der Waals surface area contributed by atoms with Gasteiger partial charge in [-0.1, -0.05) is 6.08 Å². The zero-order valence-electron chi connectivity index (χ0n) is 8.27. The molecule has 1 aromatic rings. The summed E-state index contributed by atoms with van der Waals surface area (Å²) in [6.45, 7) is 7.23. The number of aromatic nitrogens is 1. The molecule has 3 nitrogen and oxygen atoms in total. The molecule has 0 unspecified atom stereocenters. The Morgan fingerprint density at radius 1 is 1.71 bits per heavy atom. The first-order valence-corrected chi connectivity index (χ1v) is 4.54. The molecule has 0 atom stereocenters. The van der Waals surface area contributed by atoms with Crippen LogP contribution in [-0.2, 0) is 0 Å². The van der Waals surface area contributed by atoms with Crippen molar-refractivity contribution in [2.45, 2.75) is 6.92 Å². The molecule has 0 saturated heterocycles. The fourth-order valence-electron chi connectivity index (χ4n) is 1.26. The average molecular weight is 187 g/mol. The summed E-state index contributed by atoms with van der Waals surface area (Å²) < 4.78 is 0. The van der Waals surface area contributed by atoms with Crippen LogP contribution < -0.4 is 4.90 Å². The smallest absolute Gasteiger partial charge is 0.146 e. The number of pyridine rings is 1. The van der Waals surface area contributed by atoms with E-state index in [9.17, 15) is 0 Å². The second kappa shape index (κ2) is 5.03. The second-order valence-corrected chi connectivity index (χ2v) is 2.81. The summed E-state index contributed by atoms with van der Waals surface area (Å²) in [6, 6.07) is 5.67. The standard InChI is InChI=1S/C11H13N3/c1-3-8-14(4-2)11-10(9-12)6-5-7-13-11/h3,5-7H,1,4,8H2,2H3. The first-order valence-electron chi connectivity index (χ1n) is 4.54. The zero-order valence-corrected chi connectivity index (χ0v) is 8.27. The Bertz CT molecular complexity index is 352. The van der Waals surface area contributed by atoms with Crippen LogP contribution in [-0.4, -0.2) is 18.1 Å². The lowest BCUT2D eigenvalue weighted by atomic mass is 10.2. The molecule has 1 aromatic heterocycles. The molecule has 0 aromatic carbocycles. The maximum Gasteiger partial charge on any atom is 0.146 e. The van der Waals surface area contributed by atoms with Gasteiger partial charge in [-0.2, -0.15) is 5.26 Å². The van der Waals surface area contributed by atoms with Crippen LogP contribution in [0.2, 0.25) is 0 Å². The highest BCUT2D eigenvalue weighted by molar-refractivity contribution is 5.53. The van der Waals surface area contributed by atoms with E-state index >= 15 is 0 Å². The molecule has 0 radical (unpaired) electrons. The van der Waals surface area contributed by atoms with Gasteiger partial charge in [0.25, 0.3) is 0 Å². The third kappa shape index (κ3) is 2.11. The Kier molecular flexibility index (Phi) is 3.69. The first kappa shape index (κ1) is 10.3. The predicted octanol–water partition coefficient (Wildman–Crippen LogP) is 1.97. The Morgan fingerprint density at radius 2 is 2.50 bits per heavy atom. The molecule has 1 rings (SSSR count). The number of likely N-dealkylation sites (N-methyl/N-ethyl adjacent to an activating group) is 1. The van der Waals surface area contributed by atoms with E-state index in [0.717, 1.165) is 12.4 Å². The SMILES string of the molecule is C=CCN(CC)c1ncccc1C#N. The highest BCUT2D eigenvalue weighted by Crippen LogP contribution is 2.15. The number of hydrogen-bond donors (Lipinski definition) is 0. The molecule has 0 aliphatic rings. The number of nitriles is 1. The van der Waals surface area contributed by atoms with E-state index in [0.29, 0.717) is 12.1 Å². The van der Waals surface area contributed by atoms with Crippen molar-refractivity contribution in [3.8, 4) is 6.07 Å². The fraction of sp³-hybridized carbons (Fsp3) is 0.273. The van der Waals surface area contributed by atoms with Crippen LogP contribution in [0.25, 0.3) is 0 Å².